The molecule has 1 aliphatic heterocycles. The first kappa shape index (κ1) is 18.3. The second-order valence-electron chi connectivity index (χ2n) is 6.24. The van der Waals surface area contributed by atoms with Gasteiger partial charge in [-0.3, -0.25) is 15.1 Å². The van der Waals surface area contributed by atoms with Gasteiger partial charge in [-0.05, 0) is 43.0 Å². The van der Waals surface area contributed by atoms with Crippen molar-refractivity contribution in [1.82, 2.24) is 9.71 Å². The minimum Gasteiger partial charge on any atom is -0.370 e. The zero-order chi connectivity index (χ0) is 18.6. The van der Waals surface area contributed by atoms with E-state index in [2.05, 4.69) is 14.6 Å². The number of hydrogen-bond acceptors (Lipinski definition) is 6. The maximum absolute atomic E-state index is 12.3. The van der Waals surface area contributed by atoms with Crippen LogP contribution < -0.4 is 9.62 Å². The lowest BCUT2D eigenvalue weighted by atomic mass is 9.97. The third-order valence-corrected chi connectivity index (χ3v) is 5.98. The lowest BCUT2D eigenvalue weighted by Crippen LogP contribution is -2.38. The zero-order valence-electron chi connectivity index (χ0n) is 14.1. The second kappa shape index (κ2) is 7.79. The Morgan fingerprint density at radius 1 is 1.19 bits per heavy atom. The van der Waals surface area contributed by atoms with Gasteiger partial charge in [0, 0.05) is 38.0 Å². The Labute approximate surface area is 152 Å². The first-order chi connectivity index (χ1) is 12.5. The van der Waals surface area contributed by atoms with Crippen molar-refractivity contribution >= 4 is 21.4 Å². The van der Waals surface area contributed by atoms with Crippen LogP contribution in [0.1, 0.15) is 12.8 Å². The molecular weight excluding hydrogens is 356 g/mol. The Kier molecular flexibility index (Phi) is 5.48. The van der Waals surface area contributed by atoms with Crippen LogP contribution in [0.15, 0.2) is 53.7 Å². The van der Waals surface area contributed by atoms with Crippen molar-refractivity contribution in [2.45, 2.75) is 17.7 Å². The summed E-state index contributed by atoms with van der Waals surface area (Å²) in [5.74, 6) is 0.260. The Bertz CT molecular complexity index is 848. The number of aromatic nitrogens is 1. The number of nitrogens with zero attached hydrogens (tertiary/aromatic N) is 3. The lowest BCUT2D eigenvalue weighted by Gasteiger charge is -2.33. The van der Waals surface area contributed by atoms with Crippen LogP contribution in [0.2, 0.25) is 0 Å². The molecule has 1 saturated heterocycles. The van der Waals surface area contributed by atoms with Crippen molar-refractivity contribution in [2.75, 3.05) is 24.5 Å². The fraction of sp³-hybridized carbons (Fsp3) is 0.353. The molecule has 2 aromatic rings. The zero-order valence-corrected chi connectivity index (χ0v) is 14.9. The number of sulfonamides is 1. The van der Waals surface area contributed by atoms with Crippen LogP contribution in [0.3, 0.4) is 0 Å². The van der Waals surface area contributed by atoms with E-state index in [1.165, 1.54) is 24.3 Å². The average Bonchev–Trinajstić information content (AvgIpc) is 2.67. The van der Waals surface area contributed by atoms with E-state index in [1.54, 1.807) is 6.20 Å². The average molecular weight is 376 g/mol. The van der Waals surface area contributed by atoms with E-state index in [0.717, 1.165) is 31.6 Å². The Morgan fingerprint density at radius 3 is 2.46 bits per heavy atom. The van der Waals surface area contributed by atoms with E-state index in [9.17, 15) is 18.5 Å². The number of piperidine rings is 1. The van der Waals surface area contributed by atoms with Crippen LogP contribution >= 0.6 is 0 Å². The number of rotatable bonds is 6. The minimum atomic E-state index is -3.66. The summed E-state index contributed by atoms with van der Waals surface area (Å²) in [7, 11) is -3.66. The van der Waals surface area contributed by atoms with Gasteiger partial charge in [0.05, 0.1) is 21.7 Å². The van der Waals surface area contributed by atoms with Gasteiger partial charge < -0.3 is 4.90 Å². The second-order valence-corrected chi connectivity index (χ2v) is 8.01. The van der Waals surface area contributed by atoms with E-state index >= 15 is 0 Å². The van der Waals surface area contributed by atoms with Crippen LogP contribution in [-0.4, -0.2) is 38.0 Å². The molecule has 0 unspecified atom stereocenters. The highest BCUT2D eigenvalue weighted by Gasteiger charge is 2.22. The highest BCUT2D eigenvalue weighted by molar-refractivity contribution is 7.89. The van der Waals surface area contributed by atoms with Crippen molar-refractivity contribution in [2.24, 2.45) is 5.92 Å². The van der Waals surface area contributed by atoms with Crippen LogP contribution in [0.5, 0.6) is 0 Å². The lowest BCUT2D eigenvalue weighted by molar-refractivity contribution is -0.384. The molecule has 3 rings (SSSR count). The fourth-order valence-electron chi connectivity index (χ4n) is 2.99. The third-order valence-electron chi connectivity index (χ3n) is 4.55. The molecule has 0 bridgehead atoms. The first-order valence-electron chi connectivity index (χ1n) is 8.35. The normalized spacial score (nSPS) is 15.8. The first-order valence-corrected chi connectivity index (χ1v) is 9.83. The van der Waals surface area contributed by atoms with Gasteiger partial charge in [0.1, 0.15) is 0 Å². The van der Waals surface area contributed by atoms with Gasteiger partial charge >= 0.3 is 0 Å². The highest BCUT2D eigenvalue weighted by Crippen LogP contribution is 2.22. The summed E-state index contributed by atoms with van der Waals surface area (Å²) in [6.45, 7) is 2.07. The highest BCUT2D eigenvalue weighted by atomic mass is 32.2. The van der Waals surface area contributed by atoms with Crippen molar-refractivity contribution in [3.63, 3.8) is 0 Å². The monoisotopic (exact) mass is 376 g/mol. The largest absolute Gasteiger partial charge is 0.370 e. The molecule has 1 aromatic heterocycles. The van der Waals surface area contributed by atoms with Crippen molar-refractivity contribution < 1.29 is 13.3 Å². The molecule has 1 fully saturated rings. The molecule has 0 aliphatic carbocycles. The smallest absolute Gasteiger partial charge is 0.269 e. The van der Waals surface area contributed by atoms with Gasteiger partial charge in [-0.25, -0.2) is 13.1 Å². The predicted octanol–water partition coefficient (Wildman–Crippen LogP) is 2.18. The van der Waals surface area contributed by atoms with E-state index in [1.807, 2.05) is 18.3 Å². The SMILES string of the molecule is O=[N+]([O-])c1ccc(S(=O)(=O)NCC2CCN(c3cccnc3)CC2)cc1. The summed E-state index contributed by atoms with van der Waals surface area (Å²) in [6.07, 6.45) is 5.34. The van der Waals surface area contributed by atoms with Gasteiger partial charge in [0.15, 0.2) is 0 Å². The van der Waals surface area contributed by atoms with Crippen molar-refractivity contribution in [3.8, 4) is 0 Å². The number of non-ortho nitro benzene ring substituents is 1. The van der Waals surface area contributed by atoms with Crippen molar-refractivity contribution in [1.29, 1.82) is 0 Å². The summed E-state index contributed by atoms with van der Waals surface area (Å²) >= 11 is 0. The number of nitro groups is 1. The molecule has 138 valence electrons. The molecule has 0 amide bonds. The van der Waals surface area contributed by atoms with Crippen LogP contribution in [0, 0.1) is 16.0 Å². The van der Waals surface area contributed by atoms with Crippen LogP contribution in [-0.2, 0) is 10.0 Å². The number of pyridine rings is 1. The van der Waals surface area contributed by atoms with Gasteiger partial charge in [-0.2, -0.15) is 0 Å². The predicted molar refractivity (Wildman–Crippen MR) is 97.5 cm³/mol. The standard InChI is InChI=1S/C17H20N4O4S/c22-21(23)15-3-5-17(6-4-15)26(24,25)19-12-14-7-10-20(11-8-14)16-2-1-9-18-13-16/h1-6,9,13-14,19H,7-8,10-12H2. The summed E-state index contributed by atoms with van der Waals surface area (Å²) in [4.78, 5) is 16.5. The molecule has 2 heterocycles. The Hall–Kier alpha value is -2.52. The molecule has 1 aliphatic rings. The fourth-order valence-corrected chi connectivity index (χ4v) is 4.11. The van der Waals surface area contributed by atoms with Gasteiger partial charge in [-0.15, -0.1) is 0 Å². The molecule has 8 nitrogen and oxygen atoms in total. The topological polar surface area (TPSA) is 105 Å². The molecule has 1 N–H and O–H groups in total. The number of anilines is 1. The molecule has 26 heavy (non-hydrogen) atoms. The van der Waals surface area contributed by atoms with Crippen LogP contribution in [0.4, 0.5) is 11.4 Å². The van der Waals surface area contributed by atoms with Crippen LogP contribution in [0.25, 0.3) is 0 Å². The molecular formula is C17H20N4O4S. The molecule has 0 saturated carbocycles. The van der Waals surface area contributed by atoms with Crippen molar-refractivity contribution in [3.05, 3.63) is 58.9 Å². The molecule has 1 aromatic carbocycles. The molecule has 0 radical (unpaired) electrons. The molecule has 9 heteroatoms. The Balaban J connectivity index is 1.53. The number of nitro benzene ring substituents is 1. The maximum atomic E-state index is 12.3. The quantitative estimate of drug-likeness (QED) is 0.612. The number of hydrogen-bond donors (Lipinski definition) is 1. The summed E-state index contributed by atoms with van der Waals surface area (Å²) < 4.78 is 27.3. The third kappa shape index (κ3) is 4.36. The van der Waals surface area contributed by atoms with Gasteiger partial charge in [0.2, 0.25) is 10.0 Å². The molecule has 0 atom stereocenters. The van der Waals surface area contributed by atoms with E-state index in [0.29, 0.717) is 6.54 Å². The summed E-state index contributed by atoms with van der Waals surface area (Å²) in [5, 5.41) is 10.7. The van der Waals surface area contributed by atoms with E-state index in [-0.39, 0.29) is 16.5 Å². The Morgan fingerprint density at radius 2 is 1.88 bits per heavy atom. The number of benzene rings is 1. The molecule has 0 spiro atoms. The maximum Gasteiger partial charge on any atom is 0.269 e. The van der Waals surface area contributed by atoms with E-state index in [4.69, 9.17) is 0 Å². The van der Waals surface area contributed by atoms with Gasteiger partial charge in [-0.1, -0.05) is 0 Å². The summed E-state index contributed by atoms with van der Waals surface area (Å²) in [6, 6.07) is 8.82. The minimum absolute atomic E-state index is 0.0379. The van der Waals surface area contributed by atoms with Gasteiger partial charge in [0.25, 0.3) is 5.69 Å². The summed E-state index contributed by atoms with van der Waals surface area (Å²) in [5.41, 5.74) is 0.948. The van der Waals surface area contributed by atoms with E-state index < -0.39 is 14.9 Å². The number of nitrogens with one attached hydrogen (secondary N) is 1.